The SMILES string of the molecule is O=[N+]([O-])c1cc(Cl)c(-n2cnnn2)c(Cl)c1. The molecule has 82 valence electrons. The second kappa shape index (κ2) is 4.03. The minimum atomic E-state index is -0.582. The van der Waals surface area contributed by atoms with Crippen LogP contribution in [0.2, 0.25) is 10.0 Å². The molecule has 0 atom stereocenters. The van der Waals surface area contributed by atoms with Gasteiger partial charge in [0.2, 0.25) is 0 Å². The minimum Gasteiger partial charge on any atom is -0.258 e. The van der Waals surface area contributed by atoms with Crippen molar-refractivity contribution in [2.45, 2.75) is 0 Å². The number of aromatic nitrogens is 4. The zero-order valence-electron chi connectivity index (χ0n) is 7.54. The zero-order chi connectivity index (χ0) is 11.7. The lowest BCUT2D eigenvalue weighted by Gasteiger charge is -2.04. The lowest BCUT2D eigenvalue weighted by molar-refractivity contribution is -0.384. The number of hydrogen-bond acceptors (Lipinski definition) is 5. The fraction of sp³-hybridized carbons (Fsp3) is 0. The van der Waals surface area contributed by atoms with Gasteiger partial charge in [-0.3, -0.25) is 10.1 Å². The summed E-state index contributed by atoms with van der Waals surface area (Å²) < 4.78 is 1.23. The molecule has 0 aliphatic heterocycles. The van der Waals surface area contributed by atoms with Crippen LogP contribution in [-0.4, -0.2) is 25.1 Å². The molecule has 1 aromatic heterocycles. The number of nitro benzene ring substituents is 1. The van der Waals surface area contributed by atoms with Gasteiger partial charge in [0.05, 0.1) is 15.0 Å². The molecule has 7 nitrogen and oxygen atoms in total. The number of benzene rings is 1. The number of non-ortho nitro benzene ring substituents is 1. The number of nitro groups is 1. The van der Waals surface area contributed by atoms with Gasteiger partial charge in [0.25, 0.3) is 5.69 Å². The summed E-state index contributed by atoms with van der Waals surface area (Å²) in [6.07, 6.45) is 1.29. The maximum atomic E-state index is 10.5. The van der Waals surface area contributed by atoms with Crippen molar-refractivity contribution in [1.29, 1.82) is 0 Å². The van der Waals surface area contributed by atoms with Crippen molar-refractivity contribution in [3.8, 4) is 5.69 Å². The van der Waals surface area contributed by atoms with Crippen molar-refractivity contribution in [1.82, 2.24) is 20.2 Å². The third-order valence-electron chi connectivity index (χ3n) is 1.79. The maximum Gasteiger partial charge on any atom is 0.272 e. The van der Waals surface area contributed by atoms with Crippen LogP contribution in [0.15, 0.2) is 18.5 Å². The molecule has 0 spiro atoms. The Balaban J connectivity index is 2.61. The van der Waals surface area contributed by atoms with Crippen LogP contribution in [0.1, 0.15) is 0 Å². The molecule has 0 saturated carbocycles. The minimum absolute atomic E-state index is 0.103. The highest BCUT2D eigenvalue weighted by Crippen LogP contribution is 2.32. The molecule has 0 aliphatic carbocycles. The molecule has 0 bridgehead atoms. The van der Waals surface area contributed by atoms with Crippen LogP contribution < -0.4 is 0 Å². The van der Waals surface area contributed by atoms with E-state index in [9.17, 15) is 10.1 Å². The smallest absolute Gasteiger partial charge is 0.258 e. The molecule has 0 radical (unpaired) electrons. The molecule has 0 unspecified atom stereocenters. The monoisotopic (exact) mass is 259 g/mol. The van der Waals surface area contributed by atoms with Crippen molar-refractivity contribution in [3.63, 3.8) is 0 Å². The van der Waals surface area contributed by atoms with Gasteiger partial charge in [0, 0.05) is 12.1 Å². The Labute approximate surface area is 98.7 Å². The highest BCUT2D eigenvalue weighted by atomic mass is 35.5. The Bertz CT molecular complexity index is 519. The van der Waals surface area contributed by atoms with E-state index in [1.165, 1.54) is 23.1 Å². The molecule has 0 amide bonds. The first-order chi connectivity index (χ1) is 7.59. The highest BCUT2D eigenvalue weighted by molar-refractivity contribution is 6.38. The summed E-state index contributed by atoms with van der Waals surface area (Å²) in [4.78, 5) is 9.96. The van der Waals surface area contributed by atoms with Crippen molar-refractivity contribution >= 4 is 28.9 Å². The summed E-state index contributed by atoms with van der Waals surface area (Å²) in [7, 11) is 0. The van der Waals surface area contributed by atoms with Crippen molar-refractivity contribution in [2.24, 2.45) is 0 Å². The van der Waals surface area contributed by atoms with E-state index < -0.39 is 4.92 Å². The van der Waals surface area contributed by atoms with E-state index in [2.05, 4.69) is 15.5 Å². The van der Waals surface area contributed by atoms with E-state index in [1.807, 2.05) is 0 Å². The summed E-state index contributed by atoms with van der Waals surface area (Å²) in [6, 6.07) is 2.37. The summed E-state index contributed by atoms with van der Waals surface area (Å²) in [6.45, 7) is 0. The second-order valence-corrected chi connectivity index (χ2v) is 3.58. The maximum absolute atomic E-state index is 10.5. The third-order valence-corrected chi connectivity index (χ3v) is 2.37. The molecule has 1 aromatic carbocycles. The Morgan fingerprint density at radius 2 is 1.94 bits per heavy atom. The van der Waals surface area contributed by atoms with Crippen LogP contribution in [0, 0.1) is 10.1 Å². The van der Waals surface area contributed by atoms with Gasteiger partial charge in [-0.15, -0.1) is 5.10 Å². The topological polar surface area (TPSA) is 86.7 Å². The number of rotatable bonds is 2. The van der Waals surface area contributed by atoms with E-state index in [4.69, 9.17) is 23.2 Å². The lowest BCUT2D eigenvalue weighted by Crippen LogP contribution is -1.99. The molecule has 0 aliphatic rings. The molecule has 2 aromatic rings. The van der Waals surface area contributed by atoms with E-state index in [1.54, 1.807) is 0 Å². The van der Waals surface area contributed by atoms with Gasteiger partial charge in [-0.05, 0) is 10.4 Å². The van der Waals surface area contributed by atoms with Crippen LogP contribution in [0.25, 0.3) is 5.69 Å². The molecule has 16 heavy (non-hydrogen) atoms. The van der Waals surface area contributed by atoms with Crippen molar-refractivity contribution < 1.29 is 4.92 Å². The average Bonchev–Trinajstić information content (AvgIpc) is 2.69. The molecule has 0 fully saturated rings. The number of nitrogens with zero attached hydrogens (tertiary/aromatic N) is 5. The van der Waals surface area contributed by atoms with Crippen LogP contribution in [0.5, 0.6) is 0 Å². The van der Waals surface area contributed by atoms with Crippen molar-refractivity contribution in [3.05, 3.63) is 38.6 Å². The average molecular weight is 260 g/mol. The molecule has 2 rings (SSSR count). The molecular formula is C7H3Cl2N5O2. The molecular weight excluding hydrogens is 257 g/mol. The van der Waals surface area contributed by atoms with E-state index in [0.717, 1.165) is 0 Å². The standard InChI is InChI=1S/C7H3Cl2N5O2/c8-5-1-4(14(15)16)2-6(9)7(5)13-3-10-11-12-13/h1-3H. The van der Waals surface area contributed by atoms with Gasteiger partial charge in [-0.25, -0.2) is 0 Å². The highest BCUT2D eigenvalue weighted by Gasteiger charge is 2.16. The van der Waals surface area contributed by atoms with Crippen LogP contribution in [-0.2, 0) is 0 Å². The summed E-state index contributed by atoms with van der Waals surface area (Å²) in [5, 5.41) is 21.2. The number of halogens is 2. The Morgan fingerprint density at radius 1 is 1.31 bits per heavy atom. The summed E-state index contributed by atoms with van der Waals surface area (Å²) in [5.41, 5.74) is 0.116. The van der Waals surface area contributed by atoms with Gasteiger partial charge in [-0.1, -0.05) is 23.2 Å². The third kappa shape index (κ3) is 1.82. The van der Waals surface area contributed by atoms with Crippen LogP contribution in [0.4, 0.5) is 5.69 Å². The van der Waals surface area contributed by atoms with Gasteiger partial charge in [0.1, 0.15) is 12.0 Å². The fourth-order valence-electron chi connectivity index (χ4n) is 1.14. The molecule has 0 saturated heterocycles. The quantitative estimate of drug-likeness (QED) is 0.607. The largest absolute Gasteiger partial charge is 0.272 e. The van der Waals surface area contributed by atoms with Crippen LogP contribution >= 0.6 is 23.2 Å². The molecule has 9 heteroatoms. The van der Waals surface area contributed by atoms with Crippen LogP contribution in [0.3, 0.4) is 0 Å². The Kier molecular flexibility index (Phi) is 2.71. The van der Waals surface area contributed by atoms with Gasteiger partial charge < -0.3 is 0 Å². The molecule has 0 N–H and O–H groups in total. The molecule has 1 heterocycles. The lowest BCUT2D eigenvalue weighted by atomic mass is 10.3. The predicted octanol–water partition coefficient (Wildman–Crippen LogP) is 1.88. The first kappa shape index (κ1) is 10.8. The first-order valence-electron chi connectivity index (χ1n) is 3.96. The van der Waals surface area contributed by atoms with E-state index in [-0.39, 0.29) is 15.7 Å². The normalized spacial score (nSPS) is 10.4. The summed E-state index contributed by atoms with van der Waals surface area (Å²) in [5.74, 6) is 0. The van der Waals surface area contributed by atoms with Gasteiger partial charge >= 0.3 is 0 Å². The van der Waals surface area contributed by atoms with E-state index in [0.29, 0.717) is 5.69 Å². The summed E-state index contributed by atoms with van der Waals surface area (Å²) >= 11 is 11.7. The first-order valence-corrected chi connectivity index (χ1v) is 4.72. The Morgan fingerprint density at radius 3 is 2.38 bits per heavy atom. The predicted molar refractivity (Wildman–Crippen MR) is 55.8 cm³/mol. The van der Waals surface area contributed by atoms with E-state index >= 15 is 0 Å². The Hall–Kier alpha value is -1.73. The fourth-order valence-corrected chi connectivity index (χ4v) is 1.79. The van der Waals surface area contributed by atoms with Gasteiger partial charge in [-0.2, -0.15) is 4.68 Å². The second-order valence-electron chi connectivity index (χ2n) is 2.77. The zero-order valence-corrected chi connectivity index (χ0v) is 9.05. The van der Waals surface area contributed by atoms with Crippen molar-refractivity contribution in [2.75, 3.05) is 0 Å². The van der Waals surface area contributed by atoms with Gasteiger partial charge in [0.15, 0.2) is 0 Å². The number of hydrogen-bond donors (Lipinski definition) is 0. The number of tetrazole rings is 1.